The van der Waals surface area contributed by atoms with Crippen LogP contribution in [0.3, 0.4) is 0 Å². The van der Waals surface area contributed by atoms with Crippen molar-refractivity contribution in [3.8, 4) is 11.5 Å². The summed E-state index contributed by atoms with van der Waals surface area (Å²) in [5.41, 5.74) is 1.15. The van der Waals surface area contributed by atoms with Gasteiger partial charge < -0.3 is 19.5 Å². The molecule has 0 saturated carbocycles. The molecule has 0 bridgehead atoms. The Morgan fingerprint density at radius 3 is 2.96 bits per heavy atom. The molecule has 1 aromatic heterocycles. The first-order chi connectivity index (χ1) is 12.3. The van der Waals surface area contributed by atoms with Gasteiger partial charge in [-0.25, -0.2) is 4.68 Å². The highest BCUT2D eigenvalue weighted by molar-refractivity contribution is 5.45. The van der Waals surface area contributed by atoms with Gasteiger partial charge in [-0.15, -0.1) is 5.10 Å². The van der Waals surface area contributed by atoms with E-state index >= 15 is 0 Å². The summed E-state index contributed by atoms with van der Waals surface area (Å²) in [7, 11) is 0. The second kappa shape index (κ2) is 7.37. The average molecular weight is 345 g/mol. The monoisotopic (exact) mass is 345 g/mol. The molecule has 1 saturated heterocycles. The summed E-state index contributed by atoms with van der Waals surface area (Å²) in [6.45, 7) is 5.55. The van der Waals surface area contributed by atoms with Crippen molar-refractivity contribution in [3.63, 3.8) is 0 Å². The molecular weight excluding hydrogens is 322 g/mol. The number of ether oxygens (including phenoxy) is 3. The second-order valence-electron chi connectivity index (χ2n) is 6.55. The zero-order valence-corrected chi connectivity index (χ0v) is 14.4. The van der Waals surface area contributed by atoms with Crippen molar-refractivity contribution < 1.29 is 14.2 Å². The lowest BCUT2D eigenvalue weighted by molar-refractivity contribution is 0.0596. The summed E-state index contributed by atoms with van der Waals surface area (Å²) >= 11 is 0. The van der Waals surface area contributed by atoms with Crippen LogP contribution >= 0.6 is 0 Å². The maximum atomic E-state index is 5.45. The fourth-order valence-corrected chi connectivity index (χ4v) is 3.21. The second-order valence-corrected chi connectivity index (χ2v) is 6.55. The molecule has 0 spiro atoms. The summed E-state index contributed by atoms with van der Waals surface area (Å²) in [6, 6.07) is 6.18. The van der Waals surface area contributed by atoms with Crippen molar-refractivity contribution in [2.45, 2.75) is 38.9 Å². The molecule has 1 unspecified atom stereocenters. The number of tetrazole rings is 1. The molecular formula is C17H23N5O3. The fraction of sp³-hybridized carbons (Fsp3) is 0.588. The van der Waals surface area contributed by atoms with Crippen LogP contribution in [-0.2, 0) is 17.8 Å². The number of hydrogen-bond acceptors (Lipinski definition) is 7. The maximum absolute atomic E-state index is 5.45. The average Bonchev–Trinajstić information content (AvgIpc) is 3.29. The van der Waals surface area contributed by atoms with Crippen molar-refractivity contribution in [2.75, 3.05) is 20.0 Å². The van der Waals surface area contributed by atoms with Gasteiger partial charge >= 0.3 is 0 Å². The van der Waals surface area contributed by atoms with Gasteiger partial charge in [-0.3, -0.25) is 0 Å². The predicted molar refractivity (Wildman–Crippen MR) is 89.2 cm³/mol. The largest absolute Gasteiger partial charge is 0.454 e. The molecule has 2 aliphatic heterocycles. The van der Waals surface area contributed by atoms with E-state index in [-0.39, 0.29) is 6.04 Å². The molecule has 0 aliphatic carbocycles. The van der Waals surface area contributed by atoms with E-state index in [2.05, 4.69) is 33.8 Å². The van der Waals surface area contributed by atoms with E-state index in [4.69, 9.17) is 14.2 Å². The number of rotatable bonds is 6. The van der Waals surface area contributed by atoms with E-state index in [1.54, 1.807) is 0 Å². The van der Waals surface area contributed by atoms with Gasteiger partial charge in [-0.2, -0.15) is 0 Å². The Hall–Kier alpha value is -2.19. The smallest absolute Gasteiger partial charge is 0.231 e. The van der Waals surface area contributed by atoms with Crippen LogP contribution in [0.2, 0.25) is 0 Å². The Balaban J connectivity index is 1.35. The first-order valence-electron chi connectivity index (χ1n) is 8.75. The molecule has 134 valence electrons. The molecule has 1 aromatic carbocycles. The highest BCUT2D eigenvalue weighted by Gasteiger charge is 2.19. The van der Waals surface area contributed by atoms with Gasteiger partial charge in [0.25, 0.3) is 0 Å². The Kier molecular flexibility index (Phi) is 4.80. The van der Waals surface area contributed by atoms with E-state index in [1.165, 1.54) is 0 Å². The lowest BCUT2D eigenvalue weighted by atomic mass is 10.0. The predicted octanol–water partition coefficient (Wildman–Crippen LogP) is 1.68. The van der Waals surface area contributed by atoms with Gasteiger partial charge in [0.15, 0.2) is 17.3 Å². The van der Waals surface area contributed by atoms with Crippen molar-refractivity contribution in [1.29, 1.82) is 0 Å². The minimum absolute atomic E-state index is 0.155. The lowest BCUT2D eigenvalue weighted by Gasteiger charge is -2.22. The standard InChI is InChI=1S/C17H23N5O3/c1-12(14-2-3-15-16(8-14)25-11-24-15)18-9-17-19-20-21-22(17)10-13-4-6-23-7-5-13/h2-3,8,12-13,18H,4-7,9-11H2,1H3. The minimum atomic E-state index is 0.155. The first-order valence-corrected chi connectivity index (χ1v) is 8.75. The Labute approximate surface area is 146 Å². The summed E-state index contributed by atoms with van der Waals surface area (Å²) in [6.07, 6.45) is 2.14. The summed E-state index contributed by atoms with van der Waals surface area (Å²) in [4.78, 5) is 0. The van der Waals surface area contributed by atoms with Gasteiger partial charge in [0, 0.05) is 25.8 Å². The molecule has 3 heterocycles. The highest BCUT2D eigenvalue weighted by Crippen LogP contribution is 2.34. The molecule has 2 aliphatic rings. The van der Waals surface area contributed by atoms with Crippen LogP contribution in [0.1, 0.15) is 37.2 Å². The zero-order valence-electron chi connectivity index (χ0n) is 14.4. The lowest BCUT2D eigenvalue weighted by Crippen LogP contribution is -2.25. The summed E-state index contributed by atoms with van der Waals surface area (Å²) in [5, 5.41) is 15.6. The fourth-order valence-electron chi connectivity index (χ4n) is 3.21. The van der Waals surface area contributed by atoms with Crippen LogP contribution in [0.5, 0.6) is 11.5 Å². The third kappa shape index (κ3) is 3.74. The van der Waals surface area contributed by atoms with Crippen LogP contribution in [0.25, 0.3) is 0 Å². The van der Waals surface area contributed by atoms with Crippen LogP contribution < -0.4 is 14.8 Å². The van der Waals surface area contributed by atoms with Crippen molar-refractivity contribution in [3.05, 3.63) is 29.6 Å². The van der Waals surface area contributed by atoms with Gasteiger partial charge in [0.1, 0.15) is 0 Å². The summed E-state index contributed by atoms with van der Waals surface area (Å²) < 4.78 is 18.1. The first kappa shape index (κ1) is 16.3. The molecule has 25 heavy (non-hydrogen) atoms. The van der Waals surface area contributed by atoms with Crippen LogP contribution in [0.15, 0.2) is 18.2 Å². The maximum Gasteiger partial charge on any atom is 0.231 e. The molecule has 4 rings (SSSR count). The third-order valence-electron chi connectivity index (χ3n) is 4.84. The molecule has 0 radical (unpaired) electrons. The Morgan fingerprint density at radius 2 is 2.08 bits per heavy atom. The minimum Gasteiger partial charge on any atom is -0.454 e. The molecule has 2 aromatic rings. The zero-order chi connectivity index (χ0) is 17.1. The molecule has 8 heteroatoms. The normalized spacial score (nSPS) is 18.4. The topological polar surface area (TPSA) is 83.3 Å². The number of benzene rings is 1. The van der Waals surface area contributed by atoms with Crippen molar-refractivity contribution in [2.24, 2.45) is 5.92 Å². The molecule has 1 atom stereocenters. The Morgan fingerprint density at radius 1 is 1.24 bits per heavy atom. The highest BCUT2D eigenvalue weighted by atomic mass is 16.7. The van der Waals surface area contributed by atoms with Crippen LogP contribution in [0.4, 0.5) is 0 Å². The van der Waals surface area contributed by atoms with E-state index < -0.39 is 0 Å². The van der Waals surface area contributed by atoms with Gasteiger partial charge in [0.2, 0.25) is 6.79 Å². The number of nitrogens with one attached hydrogen (secondary N) is 1. The van der Waals surface area contributed by atoms with Gasteiger partial charge in [0.05, 0.1) is 6.54 Å². The van der Waals surface area contributed by atoms with E-state index in [1.807, 2.05) is 16.8 Å². The van der Waals surface area contributed by atoms with E-state index in [9.17, 15) is 0 Å². The van der Waals surface area contributed by atoms with Crippen molar-refractivity contribution in [1.82, 2.24) is 25.5 Å². The Bertz CT molecular complexity index is 714. The van der Waals surface area contributed by atoms with E-state index in [0.29, 0.717) is 19.3 Å². The number of nitrogens with zero attached hydrogens (tertiary/aromatic N) is 4. The molecule has 1 N–H and O–H groups in total. The SMILES string of the molecule is CC(NCc1nnnn1CC1CCOCC1)c1ccc2c(c1)OCO2. The number of fused-ring (bicyclic) bond motifs is 1. The molecule has 1 fully saturated rings. The quantitative estimate of drug-likeness (QED) is 0.853. The third-order valence-corrected chi connectivity index (χ3v) is 4.84. The van der Waals surface area contributed by atoms with E-state index in [0.717, 1.165) is 55.5 Å². The number of hydrogen-bond donors (Lipinski definition) is 1. The van der Waals surface area contributed by atoms with Crippen LogP contribution in [0, 0.1) is 5.92 Å². The summed E-state index contributed by atoms with van der Waals surface area (Å²) in [5.74, 6) is 3.05. The van der Waals surface area contributed by atoms with Crippen molar-refractivity contribution >= 4 is 0 Å². The molecule has 8 nitrogen and oxygen atoms in total. The number of aromatic nitrogens is 4. The van der Waals surface area contributed by atoms with Gasteiger partial charge in [-0.1, -0.05) is 6.07 Å². The molecule has 0 amide bonds. The van der Waals surface area contributed by atoms with Gasteiger partial charge in [-0.05, 0) is 53.8 Å². The van der Waals surface area contributed by atoms with Crippen LogP contribution in [-0.4, -0.2) is 40.2 Å².